The minimum Gasteiger partial charge on any atom is -0.450 e. The van der Waals surface area contributed by atoms with E-state index in [9.17, 15) is 9.59 Å². The van der Waals surface area contributed by atoms with Crippen LogP contribution in [-0.4, -0.2) is 42.6 Å². The zero-order valence-corrected chi connectivity index (χ0v) is 11.3. The predicted molar refractivity (Wildman–Crippen MR) is 66.8 cm³/mol. The molecule has 1 aliphatic heterocycles. The first-order valence-electron chi connectivity index (χ1n) is 6.32. The highest BCUT2D eigenvalue weighted by atomic mass is 16.5. The molecule has 0 bridgehead atoms. The average molecular weight is 244 g/mol. The van der Waals surface area contributed by atoms with Crippen molar-refractivity contribution in [3.05, 3.63) is 0 Å². The minimum atomic E-state index is -0.362. The Labute approximate surface area is 103 Å². The number of carbonyl (C=O) groups is 2. The molecular weight excluding hydrogens is 220 g/mol. The lowest BCUT2D eigenvalue weighted by molar-refractivity contribution is -0.129. The molecule has 0 spiro atoms. The monoisotopic (exact) mass is 244 g/mol. The van der Waals surface area contributed by atoms with Gasteiger partial charge in [0.25, 0.3) is 0 Å². The molecule has 0 unspecified atom stereocenters. The largest absolute Gasteiger partial charge is 0.450 e. The van der Waals surface area contributed by atoms with Crippen LogP contribution in [0.2, 0.25) is 0 Å². The van der Waals surface area contributed by atoms with Crippen molar-refractivity contribution in [1.29, 1.82) is 0 Å². The van der Waals surface area contributed by atoms with Crippen LogP contribution in [0.25, 0.3) is 0 Å². The van der Waals surface area contributed by atoms with Crippen molar-refractivity contribution in [1.82, 2.24) is 10.2 Å². The number of ether oxygens (including phenoxy) is 1. The zero-order valence-electron chi connectivity index (χ0n) is 11.3. The van der Waals surface area contributed by atoms with Gasteiger partial charge in [0.05, 0.1) is 6.61 Å². The highest BCUT2D eigenvalue weighted by Gasteiger charge is 2.21. The molecule has 1 fully saturated rings. The van der Waals surface area contributed by atoms with Gasteiger partial charge in [0.15, 0.2) is 0 Å². The topological polar surface area (TPSA) is 58.6 Å². The van der Waals surface area contributed by atoms with Gasteiger partial charge < -0.3 is 15.0 Å². The maximum absolute atomic E-state index is 11.1. The van der Waals surface area contributed by atoms with E-state index in [4.69, 9.17) is 4.74 Å². The number of hydrogen-bond acceptors (Lipinski definition) is 3. The van der Waals surface area contributed by atoms with Crippen LogP contribution < -0.4 is 5.32 Å². The van der Waals surface area contributed by atoms with Crippen LogP contribution in [0.5, 0.6) is 0 Å². The van der Waals surface area contributed by atoms with E-state index in [1.807, 2.05) is 13.8 Å². The van der Waals surface area contributed by atoms with Gasteiger partial charge in [0, 0.05) is 26.1 Å². The van der Waals surface area contributed by atoms with E-state index in [0.29, 0.717) is 19.7 Å². The van der Waals surface area contributed by atoms with Crippen LogP contribution in [-0.2, 0) is 9.53 Å². The minimum absolute atomic E-state index is 0.101. The lowest BCUT2D eigenvalue weighted by atomic mass is 10.1. The van der Waals surface area contributed by atoms with E-state index in [2.05, 4.69) is 5.32 Å². The van der Waals surface area contributed by atoms with Crippen molar-refractivity contribution >= 4 is 12.0 Å². The van der Waals surface area contributed by atoms with Crippen molar-refractivity contribution in [2.45, 2.75) is 46.6 Å². The van der Waals surface area contributed by atoms with Crippen LogP contribution in [0.4, 0.5) is 4.79 Å². The number of alkyl carbamates (subject to hydrolysis) is 1. The summed E-state index contributed by atoms with van der Waals surface area (Å²) in [5.41, 5.74) is 0. The Bertz CT molecular complexity index is 236. The summed E-state index contributed by atoms with van der Waals surface area (Å²) >= 11 is 0. The van der Waals surface area contributed by atoms with E-state index in [1.54, 1.807) is 18.7 Å². The SMILES string of the molecule is CC.CCOC(=O)NC1CCN(C(C)=O)CC1. The van der Waals surface area contributed by atoms with Crippen molar-refractivity contribution < 1.29 is 14.3 Å². The van der Waals surface area contributed by atoms with Gasteiger partial charge in [-0.25, -0.2) is 4.79 Å². The van der Waals surface area contributed by atoms with Crippen molar-refractivity contribution in [3.8, 4) is 0 Å². The molecule has 0 aromatic rings. The van der Waals surface area contributed by atoms with Crippen molar-refractivity contribution in [3.63, 3.8) is 0 Å². The first-order chi connectivity index (χ1) is 8.13. The molecule has 1 saturated heterocycles. The number of likely N-dealkylation sites (tertiary alicyclic amines) is 1. The van der Waals surface area contributed by atoms with Gasteiger partial charge in [-0.3, -0.25) is 4.79 Å². The molecule has 100 valence electrons. The summed E-state index contributed by atoms with van der Waals surface area (Å²) in [6.07, 6.45) is 1.25. The summed E-state index contributed by atoms with van der Waals surface area (Å²) in [5.74, 6) is 0.101. The first kappa shape index (κ1) is 15.7. The molecule has 17 heavy (non-hydrogen) atoms. The van der Waals surface area contributed by atoms with Crippen LogP contribution in [0, 0.1) is 0 Å². The van der Waals surface area contributed by atoms with Gasteiger partial charge in [-0.05, 0) is 19.8 Å². The fourth-order valence-corrected chi connectivity index (χ4v) is 1.68. The summed E-state index contributed by atoms with van der Waals surface area (Å²) in [7, 11) is 0. The maximum atomic E-state index is 11.1. The summed E-state index contributed by atoms with van der Waals surface area (Å²) in [6.45, 7) is 9.16. The van der Waals surface area contributed by atoms with Gasteiger partial charge in [-0.15, -0.1) is 0 Å². The zero-order chi connectivity index (χ0) is 13.3. The van der Waals surface area contributed by atoms with Crippen molar-refractivity contribution in [2.75, 3.05) is 19.7 Å². The van der Waals surface area contributed by atoms with E-state index in [1.165, 1.54) is 0 Å². The van der Waals surface area contributed by atoms with Gasteiger partial charge >= 0.3 is 6.09 Å². The van der Waals surface area contributed by atoms with Gasteiger partial charge in [-0.2, -0.15) is 0 Å². The Morgan fingerprint density at radius 3 is 2.24 bits per heavy atom. The molecule has 0 saturated carbocycles. The number of piperidine rings is 1. The summed E-state index contributed by atoms with van der Waals surface area (Å²) < 4.78 is 4.79. The smallest absolute Gasteiger partial charge is 0.407 e. The Balaban J connectivity index is 0.00000121. The summed E-state index contributed by atoms with van der Waals surface area (Å²) in [6, 6.07) is 0.139. The number of amides is 2. The van der Waals surface area contributed by atoms with E-state index < -0.39 is 0 Å². The highest BCUT2D eigenvalue weighted by molar-refractivity contribution is 5.73. The predicted octanol–water partition coefficient (Wildman–Crippen LogP) is 1.77. The number of carbonyl (C=O) groups excluding carboxylic acids is 2. The first-order valence-corrected chi connectivity index (χ1v) is 6.32. The molecule has 0 aliphatic carbocycles. The molecule has 0 radical (unpaired) electrons. The average Bonchev–Trinajstić information content (AvgIpc) is 2.32. The molecule has 2 amide bonds. The highest BCUT2D eigenvalue weighted by Crippen LogP contribution is 2.10. The molecule has 0 aromatic carbocycles. The van der Waals surface area contributed by atoms with Crippen LogP contribution >= 0.6 is 0 Å². The number of rotatable bonds is 2. The lowest BCUT2D eigenvalue weighted by Gasteiger charge is -2.31. The Hall–Kier alpha value is -1.26. The summed E-state index contributed by atoms with van der Waals surface area (Å²) in [5, 5.41) is 2.78. The van der Waals surface area contributed by atoms with Crippen LogP contribution in [0.15, 0.2) is 0 Å². The van der Waals surface area contributed by atoms with Crippen LogP contribution in [0.3, 0.4) is 0 Å². The molecular formula is C12H24N2O3. The van der Waals surface area contributed by atoms with E-state index in [-0.39, 0.29) is 18.0 Å². The Morgan fingerprint density at radius 1 is 1.29 bits per heavy atom. The quantitative estimate of drug-likeness (QED) is 0.805. The third kappa shape index (κ3) is 6.14. The van der Waals surface area contributed by atoms with E-state index in [0.717, 1.165) is 12.8 Å². The lowest BCUT2D eigenvalue weighted by Crippen LogP contribution is -2.46. The second-order valence-corrected chi connectivity index (χ2v) is 3.65. The van der Waals surface area contributed by atoms with Gasteiger partial charge in [-0.1, -0.05) is 13.8 Å². The second-order valence-electron chi connectivity index (χ2n) is 3.65. The molecule has 1 aliphatic rings. The number of nitrogens with one attached hydrogen (secondary N) is 1. The standard InChI is InChI=1S/C10H18N2O3.C2H6/c1-3-15-10(14)11-9-4-6-12(7-5-9)8(2)13;1-2/h9H,3-7H2,1-2H3,(H,11,14);1-2H3. The van der Waals surface area contributed by atoms with Gasteiger partial charge in [0.2, 0.25) is 5.91 Å². The normalized spacial score (nSPS) is 15.6. The fraction of sp³-hybridized carbons (Fsp3) is 0.833. The number of nitrogens with zero attached hydrogens (tertiary/aromatic N) is 1. The van der Waals surface area contributed by atoms with Gasteiger partial charge in [0.1, 0.15) is 0 Å². The Kier molecular flexibility index (Phi) is 8.19. The molecule has 1 heterocycles. The third-order valence-electron chi connectivity index (χ3n) is 2.54. The van der Waals surface area contributed by atoms with E-state index >= 15 is 0 Å². The summed E-state index contributed by atoms with van der Waals surface area (Å²) in [4.78, 5) is 24.0. The van der Waals surface area contributed by atoms with Crippen LogP contribution in [0.1, 0.15) is 40.5 Å². The maximum Gasteiger partial charge on any atom is 0.407 e. The van der Waals surface area contributed by atoms with Crippen molar-refractivity contribution in [2.24, 2.45) is 0 Å². The number of hydrogen-bond donors (Lipinski definition) is 1. The molecule has 5 nitrogen and oxygen atoms in total. The molecule has 5 heteroatoms. The molecule has 1 N–H and O–H groups in total. The molecule has 0 aromatic heterocycles. The molecule has 0 atom stereocenters. The Morgan fingerprint density at radius 2 is 1.82 bits per heavy atom. The third-order valence-corrected chi connectivity index (χ3v) is 2.54. The second kappa shape index (κ2) is 8.84. The molecule has 1 rings (SSSR count). The fourth-order valence-electron chi connectivity index (χ4n) is 1.68.